The molecular weight excluding hydrogens is 296 g/mol. The number of para-hydroxylation sites is 1. The number of carbonyl (C=O) groups is 2. The number of amides is 2. The molecule has 2 amide bonds. The SMILES string of the molecule is C=CCN1C(=O)S/C(=C/c2cccc([N+](=O)[O-])c2[O-])C1=O. The van der Waals surface area contributed by atoms with Crippen LogP contribution in [0.5, 0.6) is 5.75 Å². The number of nitro groups is 1. The van der Waals surface area contributed by atoms with Crippen molar-refractivity contribution in [2.75, 3.05) is 6.54 Å². The quantitative estimate of drug-likeness (QED) is 0.364. The monoisotopic (exact) mass is 305 g/mol. The average molecular weight is 305 g/mol. The Labute approximate surface area is 123 Å². The van der Waals surface area contributed by atoms with Gasteiger partial charge in [0.2, 0.25) is 0 Å². The molecule has 0 bridgehead atoms. The van der Waals surface area contributed by atoms with E-state index in [1.807, 2.05) is 0 Å². The molecule has 0 aromatic heterocycles. The van der Waals surface area contributed by atoms with Crippen molar-refractivity contribution in [3.05, 3.63) is 51.4 Å². The van der Waals surface area contributed by atoms with E-state index in [2.05, 4.69) is 6.58 Å². The molecule has 1 heterocycles. The van der Waals surface area contributed by atoms with Crippen molar-refractivity contribution in [3.8, 4) is 5.75 Å². The van der Waals surface area contributed by atoms with Crippen molar-refractivity contribution in [3.63, 3.8) is 0 Å². The maximum atomic E-state index is 12.0. The van der Waals surface area contributed by atoms with Gasteiger partial charge in [-0.3, -0.25) is 24.6 Å². The average Bonchev–Trinajstić information content (AvgIpc) is 2.69. The molecule has 0 unspecified atom stereocenters. The Morgan fingerprint density at radius 1 is 1.38 bits per heavy atom. The number of hydrogen-bond acceptors (Lipinski definition) is 6. The number of nitrogens with zero attached hydrogens (tertiary/aromatic N) is 2. The van der Waals surface area contributed by atoms with Crippen LogP contribution in [0.2, 0.25) is 0 Å². The molecule has 0 saturated carbocycles. The lowest BCUT2D eigenvalue weighted by atomic mass is 10.1. The summed E-state index contributed by atoms with van der Waals surface area (Å²) in [5.74, 6) is -1.34. The van der Waals surface area contributed by atoms with Crippen LogP contribution in [0.3, 0.4) is 0 Å². The van der Waals surface area contributed by atoms with Crippen LogP contribution in [-0.2, 0) is 4.79 Å². The molecule has 0 atom stereocenters. The summed E-state index contributed by atoms with van der Waals surface area (Å²) >= 11 is 0.682. The highest BCUT2D eigenvalue weighted by atomic mass is 32.2. The van der Waals surface area contributed by atoms with Gasteiger partial charge in [0.05, 0.1) is 9.83 Å². The Balaban J connectivity index is 2.39. The number of imide groups is 1. The lowest BCUT2D eigenvalue weighted by molar-refractivity contribution is -0.398. The van der Waals surface area contributed by atoms with Gasteiger partial charge in [-0.15, -0.1) is 6.58 Å². The van der Waals surface area contributed by atoms with Crippen LogP contribution in [0.15, 0.2) is 35.8 Å². The fraction of sp³-hybridized carbons (Fsp3) is 0.0769. The first-order valence-electron chi connectivity index (χ1n) is 5.76. The van der Waals surface area contributed by atoms with Crippen molar-refractivity contribution in [1.82, 2.24) is 4.90 Å². The minimum Gasteiger partial charge on any atom is -0.867 e. The second-order valence-electron chi connectivity index (χ2n) is 4.03. The Hall–Kier alpha value is -2.61. The molecule has 108 valence electrons. The van der Waals surface area contributed by atoms with Crippen LogP contribution in [0.25, 0.3) is 6.08 Å². The standard InChI is InChI=1S/C13H10N2O5S/c1-2-6-14-12(17)10(21-13(14)18)7-8-4-3-5-9(11(8)16)15(19)20/h2-5,7,16H,1,6H2/p-1/b10-7+. The predicted octanol–water partition coefficient (Wildman–Crippen LogP) is 1.89. The molecule has 0 radical (unpaired) electrons. The maximum Gasteiger partial charge on any atom is 0.293 e. The molecule has 1 aromatic carbocycles. The third-order valence-corrected chi connectivity index (χ3v) is 3.60. The first-order chi connectivity index (χ1) is 9.95. The molecule has 7 nitrogen and oxygen atoms in total. The van der Waals surface area contributed by atoms with E-state index in [-0.39, 0.29) is 17.0 Å². The van der Waals surface area contributed by atoms with Crippen molar-refractivity contribution < 1.29 is 19.6 Å². The van der Waals surface area contributed by atoms with Gasteiger partial charge in [0.15, 0.2) is 0 Å². The smallest absolute Gasteiger partial charge is 0.293 e. The van der Waals surface area contributed by atoms with Crippen molar-refractivity contribution in [1.29, 1.82) is 0 Å². The van der Waals surface area contributed by atoms with Gasteiger partial charge in [-0.2, -0.15) is 0 Å². The number of hydrogen-bond donors (Lipinski definition) is 0. The number of benzene rings is 1. The molecule has 1 aliphatic heterocycles. The molecule has 21 heavy (non-hydrogen) atoms. The zero-order valence-electron chi connectivity index (χ0n) is 10.6. The zero-order valence-corrected chi connectivity index (χ0v) is 11.5. The van der Waals surface area contributed by atoms with E-state index in [0.29, 0.717) is 11.8 Å². The molecule has 1 fully saturated rings. The second-order valence-corrected chi connectivity index (χ2v) is 5.03. The van der Waals surface area contributed by atoms with E-state index in [0.717, 1.165) is 11.0 Å². The third-order valence-electron chi connectivity index (χ3n) is 2.69. The van der Waals surface area contributed by atoms with Crippen molar-refractivity contribution >= 4 is 34.7 Å². The summed E-state index contributed by atoms with van der Waals surface area (Å²) in [4.78, 5) is 34.5. The topological polar surface area (TPSA) is 104 Å². The summed E-state index contributed by atoms with van der Waals surface area (Å²) < 4.78 is 0. The van der Waals surface area contributed by atoms with Gasteiger partial charge in [0, 0.05) is 12.6 Å². The van der Waals surface area contributed by atoms with E-state index in [4.69, 9.17) is 0 Å². The maximum absolute atomic E-state index is 12.0. The Kier molecular flexibility index (Phi) is 4.08. The summed E-state index contributed by atoms with van der Waals surface area (Å²) in [6.07, 6.45) is 2.61. The lowest BCUT2D eigenvalue weighted by Crippen LogP contribution is -2.27. The lowest BCUT2D eigenvalue weighted by Gasteiger charge is -2.11. The van der Waals surface area contributed by atoms with E-state index < -0.39 is 27.5 Å². The van der Waals surface area contributed by atoms with Gasteiger partial charge < -0.3 is 5.11 Å². The van der Waals surface area contributed by atoms with Gasteiger partial charge >= 0.3 is 0 Å². The van der Waals surface area contributed by atoms with E-state index in [1.54, 1.807) is 0 Å². The number of nitro benzene ring substituents is 1. The molecule has 1 saturated heterocycles. The third kappa shape index (κ3) is 2.79. The molecule has 0 aliphatic carbocycles. The highest BCUT2D eigenvalue weighted by Crippen LogP contribution is 2.35. The minimum absolute atomic E-state index is 0.00620. The van der Waals surface area contributed by atoms with Gasteiger partial charge in [-0.05, 0) is 29.2 Å². The van der Waals surface area contributed by atoms with Gasteiger partial charge in [-0.25, -0.2) is 0 Å². The van der Waals surface area contributed by atoms with Crippen LogP contribution in [0.4, 0.5) is 10.5 Å². The molecule has 8 heteroatoms. The Morgan fingerprint density at radius 2 is 2.10 bits per heavy atom. The number of carbonyl (C=O) groups excluding carboxylic acids is 2. The molecule has 2 rings (SSSR count). The number of rotatable bonds is 4. The normalized spacial score (nSPS) is 16.6. The van der Waals surface area contributed by atoms with E-state index in [1.165, 1.54) is 24.3 Å². The fourth-order valence-corrected chi connectivity index (χ4v) is 2.57. The fourth-order valence-electron chi connectivity index (χ4n) is 1.73. The zero-order chi connectivity index (χ0) is 15.6. The van der Waals surface area contributed by atoms with Crippen molar-refractivity contribution in [2.24, 2.45) is 0 Å². The highest BCUT2D eigenvalue weighted by molar-refractivity contribution is 8.18. The molecule has 0 spiro atoms. The second kappa shape index (κ2) is 5.80. The Morgan fingerprint density at radius 3 is 2.71 bits per heavy atom. The van der Waals surface area contributed by atoms with Crippen LogP contribution in [0, 0.1) is 10.1 Å². The van der Waals surface area contributed by atoms with Crippen LogP contribution in [0.1, 0.15) is 5.56 Å². The van der Waals surface area contributed by atoms with E-state index >= 15 is 0 Å². The van der Waals surface area contributed by atoms with Gasteiger partial charge in [-0.1, -0.05) is 18.2 Å². The molecular formula is C13H9N2O5S-. The first kappa shape index (κ1) is 14.8. The van der Waals surface area contributed by atoms with E-state index in [9.17, 15) is 24.8 Å². The number of thioether (sulfide) groups is 1. The van der Waals surface area contributed by atoms with Gasteiger partial charge in [0.25, 0.3) is 16.8 Å². The largest absolute Gasteiger partial charge is 0.867 e. The summed E-state index contributed by atoms with van der Waals surface area (Å²) in [5.41, 5.74) is -0.581. The first-order valence-corrected chi connectivity index (χ1v) is 6.58. The minimum atomic E-state index is -0.794. The van der Waals surface area contributed by atoms with Crippen LogP contribution in [-0.4, -0.2) is 27.5 Å². The van der Waals surface area contributed by atoms with Crippen LogP contribution >= 0.6 is 11.8 Å². The van der Waals surface area contributed by atoms with Crippen LogP contribution < -0.4 is 5.11 Å². The highest BCUT2D eigenvalue weighted by Gasteiger charge is 2.34. The van der Waals surface area contributed by atoms with Crippen molar-refractivity contribution in [2.45, 2.75) is 0 Å². The predicted molar refractivity (Wildman–Crippen MR) is 75.4 cm³/mol. The molecule has 0 N–H and O–H groups in total. The summed E-state index contributed by atoms with van der Waals surface area (Å²) in [6, 6.07) is 3.79. The van der Waals surface area contributed by atoms with Gasteiger partial charge in [0.1, 0.15) is 0 Å². The summed E-state index contributed by atoms with van der Waals surface area (Å²) in [6.45, 7) is 3.52. The summed E-state index contributed by atoms with van der Waals surface area (Å²) in [5, 5.41) is 22.1. The Bertz CT molecular complexity index is 683. The summed E-state index contributed by atoms with van der Waals surface area (Å²) in [7, 11) is 0. The molecule has 1 aliphatic rings. The molecule has 1 aromatic rings.